The fraction of sp³-hybridized carbons (Fsp3) is 0. The van der Waals surface area contributed by atoms with Gasteiger partial charge < -0.3 is 10.3 Å². The Hall–Kier alpha value is -3.47. The molecule has 0 atom stereocenters. The largest absolute Gasteiger partial charge is 0.338 e. The molecule has 0 aliphatic carbocycles. The second kappa shape index (κ2) is 6.20. The van der Waals surface area contributed by atoms with Crippen LogP contribution in [-0.2, 0) is 0 Å². The fourth-order valence-electron chi connectivity index (χ4n) is 2.68. The number of imidazole rings is 1. The highest BCUT2D eigenvalue weighted by atomic mass is 19.1. The Labute approximate surface area is 143 Å². The maximum Gasteiger partial charge on any atom is 0.258 e. The molecule has 0 bridgehead atoms. The molecular formula is C20H14FN3O. The van der Waals surface area contributed by atoms with Crippen molar-refractivity contribution in [3.8, 4) is 11.4 Å². The summed E-state index contributed by atoms with van der Waals surface area (Å²) in [6.45, 7) is 0. The number of rotatable bonds is 3. The highest BCUT2D eigenvalue weighted by Gasteiger charge is 2.12. The molecule has 5 heteroatoms. The fourth-order valence-corrected chi connectivity index (χ4v) is 2.68. The Morgan fingerprint density at radius 3 is 2.60 bits per heavy atom. The molecule has 4 nitrogen and oxygen atoms in total. The van der Waals surface area contributed by atoms with Crippen LogP contribution in [0.15, 0.2) is 72.8 Å². The maximum absolute atomic E-state index is 13.7. The predicted molar refractivity (Wildman–Crippen MR) is 95.9 cm³/mol. The number of nitrogens with one attached hydrogen (secondary N) is 2. The van der Waals surface area contributed by atoms with Crippen molar-refractivity contribution >= 4 is 22.6 Å². The summed E-state index contributed by atoms with van der Waals surface area (Å²) in [5.74, 6) is -0.323. The lowest BCUT2D eigenvalue weighted by atomic mass is 10.1. The van der Waals surface area contributed by atoms with Crippen LogP contribution in [0.1, 0.15) is 10.4 Å². The lowest BCUT2D eigenvalue weighted by molar-refractivity contribution is 0.102. The highest BCUT2D eigenvalue weighted by Crippen LogP contribution is 2.23. The minimum Gasteiger partial charge on any atom is -0.338 e. The van der Waals surface area contributed by atoms with E-state index in [4.69, 9.17) is 0 Å². The van der Waals surface area contributed by atoms with Gasteiger partial charge in [0.1, 0.15) is 11.6 Å². The molecule has 4 aromatic rings. The number of amides is 1. The Bertz CT molecular complexity index is 1040. The number of H-pyrrole nitrogens is 1. The van der Waals surface area contributed by atoms with E-state index in [1.807, 2.05) is 36.4 Å². The third-order valence-electron chi connectivity index (χ3n) is 3.90. The second-order valence-electron chi connectivity index (χ2n) is 5.62. The van der Waals surface area contributed by atoms with E-state index in [1.54, 1.807) is 24.3 Å². The molecule has 3 aromatic carbocycles. The summed E-state index contributed by atoms with van der Waals surface area (Å²) in [7, 11) is 0. The molecule has 0 unspecified atom stereocenters. The lowest BCUT2D eigenvalue weighted by Gasteiger charge is -2.07. The van der Waals surface area contributed by atoms with Crippen molar-refractivity contribution in [1.29, 1.82) is 0 Å². The summed E-state index contributed by atoms with van der Waals surface area (Å²) in [4.78, 5) is 20.0. The molecule has 1 aromatic heterocycles. The summed E-state index contributed by atoms with van der Waals surface area (Å²) in [5, 5.41) is 2.72. The van der Waals surface area contributed by atoms with Crippen LogP contribution in [-0.4, -0.2) is 15.9 Å². The van der Waals surface area contributed by atoms with E-state index >= 15 is 0 Å². The minimum atomic E-state index is -0.548. The lowest BCUT2D eigenvalue weighted by Crippen LogP contribution is -2.13. The van der Waals surface area contributed by atoms with Gasteiger partial charge in [-0.05, 0) is 36.4 Å². The van der Waals surface area contributed by atoms with E-state index in [9.17, 15) is 9.18 Å². The summed E-state index contributed by atoms with van der Waals surface area (Å²) in [6.07, 6.45) is 0. The Kier molecular flexibility index (Phi) is 3.74. The number of carbonyl (C=O) groups is 1. The Balaban J connectivity index is 1.63. The van der Waals surface area contributed by atoms with Crippen LogP contribution in [0.2, 0.25) is 0 Å². The average molecular weight is 331 g/mol. The summed E-state index contributed by atoms with van der Waals surface area (Å²) in [6, 6.07) is 20.9. The van der Waals surface area contributed by atoms with Crippen LogP contribution in [0.4, 0.5) is 10.1 Å². The maximum atomic E-state index is 13.7. The van der Waals surface area contributed by atoms with E-state index in [0.717, 1.165) is 16.6 Å². The molecule has 122 valence electrons. The molecule has 0 saturated heterocycles. The molecule has 0 saturated carbocycles. The number of aromatic amines is 1. The number of anilines is 1. The van der Waals surface area contributed by atoms with Gasteiger partial charge in [-0.1, -0.05) is 36.4 Å². The predicted octanol–water partition coefficient (Wildman–Crippen LogP) is 4.62. The van der Waals surface area contributed by atoms with Gasteiger partial charge in [-0.25, -0.2) is 9.37 Å². The number of carbonyl (C=O) groups excluding carboxylic acids is 1. The topological polar surface area (TPSA) is 57.8 Å². The second-order valence-corrected chi connectivity index (χ2v) is 5.62. The van der Waals surface area contributed by atoms with Crippen LogP contribution in [0, 0.1) is 5.82 Å². The van der Waals surface area contributed by atoms with E-state index in [2.05, 4.69) is 15.3 Å². The first kappa shape index (κ1) is 15.1. The zero-order valence-corrected chi connectivity index (χ0v) is 13.2. The molecule has 1 amide bonds. The van der Waals surface area contributed by atoms with E-state index in [1.165, 1.54) is 12.1 Å². The molecule has 4 rings (SSSR count). The van der Waals surface area contributed by atoms with E-state index in [0.29, 0.717) is 11.5 Å². The number of hydrogen-bond donors (Lipinski definition) is 2. The van der Waals surface area contributed by atoms with Gasteiger partial charge in [0.25, 0.3) is 5.91 Å². The molecule has 0 fully saturated rings. The first-order valence-electron chi connectivity index (χ1n) is 7.82. The molecule has 25 heavy (non-hydrogen) atoms. The number of benzene rings is 3. The van der Waals surface area contributed by atoms with Crippen molar-refractivity contribution in [2.24, 2.45) is 0 Å². The van der Waals surface area contributed by atoms with E-state index < -0.39 is 11.7 Å². The summed E-state index contributed by atoms with van der Waals surface area (Å²) >= 11 is 0. The van der Waals surface area contributed by atoms with Gasteiger partial charge >= 0.3 is 0 Å². The molecule has 1 heterocycles. The zero-order chi connectivity index (χ0) is 17.2. The summed E-state index contributed by atoms with van der Waals surface area (Å²) < 4.78 is 13.7. The van der Waals surface area contributed by atoms with Gasteiger partial charge in [-0.2, -0.15) is 0 Å². The molecule has 2 N–H and O–H groups in total. The quantitative estimate of drug-likeness (QED) is 0.575. The third kappa shape index (κ3) is 2.99. The first-order chi connectivity index (χ1) is 12.2. The van der Waals surface area contributed by atoms with Crippen LogP contribution in [0.5, 0.6) is 0 Å². The van der Waals surface area contributed by atoms with Crippen LogP contribution < -0.4 is 5.32 Å². The van der Waals surface area contributed by atoms with Crippen LogP contribution in [0.3, 0.4) is 0 Å². The van der Waals surface area contributed by atoms with Gasteiger partial charge in [0.15, 0.2) is 0 Å². The number of para-hydroxylation sites is 2. The monoisotopic (exact) mass is 331 g/mol. The van der Waals surface area contributed by atoms with Crippen LogP contribution >= 0.6 is 0 Å². The van der Waals surface area contributed by atoms with Crippen molar-refractivity contribution in [1.82, 2.24) is 9.97 Å². The minimum absolute atomic E-state index is 0.0108. The van der Waals surface area contributed by atoms with Crippen molar-refractivity contribution < 1.29 is 9.18 Å². The number of hydrogen-bond acceptors (Lipinski definition) is 2. The van der Waals surface area contributed by atoms with Crippen molar-refractivity contribution in [2.75, 3.05) is 5.32 Å². The first-order valence-corrected chi connectivity index (χ1v) is 7.82. The number of aromatic nitrogens is 2. The van der Waals surface area contributed by atoms with Crippen molar-refractivity contribution in [3.63, 3.8) is 0 Å². The molecule has 0 radical (unpaired) electrons. The zero-order valence-electron chi connectivity index (χ0n) is 13.2. The van der Waals surface area contributed by atoms with Gasteiger partial charge in [0.2, 0.25) is 0 Å². The standard InChI is InChI=1S/C20H14FN3O/c21-16-9-2-1-8-15(16)20(25)22-14-7-5-6-13(12-14)19-23-17-10-3-4-11-18(17)24-19/h1-12H,(H,22,25)(H,23,24). The SMILES string of the molecule is O=C(Nc1cccc(-c2nc3ccccc3[nH]2)c1)c1ccccc1F. The normalized spacial score (nSPS) is 10.8. The molecular weight excluding hydrogens is 317 g/mol. The number of nitrogens with zero attached hydrogens (tertiary/aromatic N) is 1. The average Bonchev–Trinajstić information content (AvgIpc) is 3.06. The van der Waals surface area contributed by atoms with Crippen LogP contribution in [0.25, 0.3) is 22.4 Å². The Morgan fingerprint density at radius 2 is 1.76 bits per heavy atom. The molecule has 0 spiro atoms. The van der Waals surface area contributed by atoms with E-state index in [-0.39, 0.29) is 5.56 Å². The van der Waals surface area contributed by atoms with Gasteiger partial charge in [0.05, 0.1) is 16.6 Å². The third-order valence-corrected chi connectivity index (χ3v) is 3.90. The van der Waals surface area contributed by atoms with Crippen molar-refractivity contribution in [2.45, 2.75) is 0 Å². The molecule has 0 aliphatic rings. The van der Waals surface area contributed by atoms with Crippen molar-refractivity contribution in [3.05, 3.63) is 84.2 Å². The Morgan fingerprint density at radius 1 is 0.960 bits per heavy atom. The molecule has 0 aliphatic heterocycles. The van der Waals surface area contributed by atoms with Gasteiger partial charge in [-0.3, -0.25) is 4.79 Å². The van der Waals surface area contributed by atoms with Gasteiger partial charge in [-0.15, -0.1) is 0 Å². The number of halogens is 1. The smallest absolute Gasteiger partial charge is 0.258 e. The highest BCUT2D eigenvalue weighted by molar-refractivity contribution is 6.04. The summed E-state index contributed by atoms with van der Waals surface area (Å²) in [5.41, 5.74) is 3.24. The number of fused-ring (bicyclic) bond motifs is 1. The van der Waals surface area contributed by atoms with Gasteiger partial charge in [0, 0.05) is 11.3 Å².